The molecule has 0 atom stereocenters. The number of hydrogen-bond acceptors (Lipinski definition) is 9. The molecule has 1 aliphatic rings. The SMILES string of the molecule is CN1CCN(CCOC(=O)c2cccnc2)CC1.O=C(O)/C=C\C(=O)O.O=C(O)/C=C\C(=O)O. The average Bonchev–Trinajstić information content (AvgIpc) is 2.79. The largest absolute Gasteiger partial charge is 0.478 e. The maximum atomic E-state index is 11.6. The third-order valence-corrected chi connectivity index (χ3v) is 3.87. The van der Waals surface area contributed by atoms with Gasteiger partial charge in [-0.2, -0.15) is 0 Å². The van der Waals surface area contributed by atoms with E-state index in [4.69, 9.17) is 25.2 Å². The van der Waals surface area contributed by atoms with Crippen LogP contribution in [0.25, 0.3) is 0 Å². The molecule has 0 amide bonds. The van der Waals surface area contributed by atoms with E-state index in [1.54, 1.807) is 18.3 Å². The van der Waals surface area contributed by atoms with E-state index in [0.717, 1.165) is 32.7 Å². The molecule has 34 heavy (non-hydrogen) atoms. The molecule has 0 aromatic carbocycles. The predicted molar refractivity (Wildman–Crippen MR) is 117 cm³/mol. The molecule has 0 saturated carbocycles. The first-order valence-electron chi connectivity index (χ1n) is 9.77. The zero-order valence-electron chi connectivity index (χ0n) is 18.4. The van der Waals surface area contributed by atoms with Crippen molar-refractivity contribution in [2.75, 3.05) is 46.4 Å². The van der Waals surface area contributed by atoms with Gasteiger partial charge >= 0.3 is 29.8 Å². The van der Waals surface area contributed by atoms with Crippen LogP contribution in [0.3, 0.4) is 0 Å². The molecule has 2 rings (SSSR count). The molecule has 0 bridgehead atoms. The van der Waals surface area contributed by atoms with Gasteiger partial charge in [-0.05, 0) is 19.2 Å². The Balaban J connectivity index is 0.000000570. The molecule has 1 aromatic heterocycles. The molecule has 1 aromatic rings. The van der Waals surface area contributed by atoms with E-state index in [1.165, 1.54) is 6.20 Å². The van der Waals surface area contributed by atoms with Crippen molar-refractivity contribution in [1.29, 1.82) is 0 Å². The Labute approximate surface area is 195 Å². The second-order valence-electron chi connectivity index (χ2n) is 6.54. The van der Waals surface area contributed by atoms with Crippen LogP contribution in [0, 0.1) is 0 Å². The fourth-order valence-corrected chi connectivity index (χ4v) is 2.19. The van der Waals surface area contributed by atoms with E-state index in [9.17, 15) is 24.0 Å². The molecule has 1 aliphatic heterocycles. The molecule has 4 N–H and O–H groups in total. The van der Waals surface area contributed by atoms with Crippen molar-refractivity contribution in [2.45, 2.75) is 0 Å². The number of carboxylic acids is 4. The summed E-state index contributed by atoms with van der Waals surface area (Å²) < 4.78 is 5.22. The standard InChI is InChI=1S/C13H19N3O2.2C4H4O4/c1-15-5-7-16(8-6-15)9-10-18-13(17)12-3-2-4-14-11-12;2*5-3(6)1-2-4(7)8/h2-4,11H,5-10H2,1H3;2*1-2H,(H,5,6)(H,7,8)/b;2*2-1-. The smallest absolute Gasteiger partial charge is 0.339 e. The number of esters is 1. The van der Waals surface area contributed by atoms with Gasteiger partial charge in [-0.3, -0.25) is 9.88 Å². The zero-order chi connectivity index (χ0) is 25.9. The van der Waals surface area contributed by atoms with Crippen LogP contribution in [-0.2, 0) is 23.9 Å². The molecule has 13 heteroatoms. The highest BCUT2D eigenvalue weighted by Gasteiger charge is 2.14. The first-order valence-corrected chi connectivity index (χ1v) is 9.77. The number of aromatic nitrogens is 1. The van der Waals surface area contributed by atoms with Gasteiger partial charge in [0, 0.05) is 69.4 Å². The van der Waals surface area contributed by atoms with Gasteiger partial charge in [0.05, 0.1) is 5.56 Å². The topological polar surface area (TPSA) is 195 Å². The Bertz CT molecular complexity index is 797. The third-order valence-electron chi connectivity index (χ3n) is 3.87. The quantitative estimate of drug-likeness (QED) is 0.284. The van der Waals surface area contributed by atoms with Crippen LogP contribution in [-0.4, -0.2) is 111 Å². The minimum atomic E-state index is -1.26. The highest BCUT2D eigenvalue weighted by Crippen LogP contribution is 2.01. The van der Waals surface area contributed by atoms with Gasteiger partial charge in [0.2, 0.25) is 0 Å². The van der Waals surface area contributed by atoms with Gasteiger partial charge < -0.3 is 30.1 Å². The van der Waals surface area contributed by atoms with Crippen molar-refractivity contribution in [1.82, 2.24) is 14.8 Å². The van der Waals surface area contributed by atoms with E-state index in [2.05, 4.69) is 21.8 Å². The van der Waals surface area contributed by atoms with Crippen LogP contribution < -0.4 is 0 Å². The van der Waals surface area contributed by atoms with Gasteiger partial charge in [0.25, 0.3) is 0 Å². The van der Waals surface area contributed by atoms with Crippen LogP contribution in [0.5, 0.6) is 0 Å². The summed E-state index contributed by atoms with van der Waals surface area (Å²) in [5, 5.41) is 31.2. The molecular formula is C21H27N3O10. The highest BCUT2D eigenvalue weighted by atomic mass is 16.5. The first kappa shape index (κ1) is 29.9. The molecule has 1 saturated heterocycles. The van der Waals surface area contributed by atoms with Crippen LogP contribution in [0.15, 0.2) is 48.8 Å². The fraction of sp³-hybridized carbons (Fsp3) is 0.333. The third kappa shape index (κ3) is 17.6. The van der Waals surface area contributed by atoms with Gasteiger partial charge in [-0.1, -0.05) is 0 Å². The second kappa shape index (κ2) is 17.5. The molecule has 0 radical (unpaired) electrons. The molecule has 13 nitrogen and oxygen atoms in total. The van der Waals surface area contributed by atoms with Crippen LogP contribution in [0.1, 0.15) is 10.4 Å². The Kier molecular flexibility index (Phi) is 15.4. The Hall–Kier alpha value is -4.10. The van der Waals surface area contributed by atoms with Crippen LogP contribution in [0.4, 0.5) is 0 Å². The lowest BCUT2D eigenvalue weighted by atomic mass is 10.3. The van der Waals surface area contributed by atoms with Crippen LogP contribution in [0.2, 0.25) is 0 Å². The highest BCUT2D eigenvalue weighted by molar-refractivity contribution is 5.90. The van der Waals surface area contributed by atoms with Gasteiger partial charge in [0.15, 0.2) is 0 Å². The summed E-state index contributed by atoms with van der Waals surface area (Å²) in [6.07, 6.45) is 5.40. The van der Waals surface area contributed by atoms with Gasteiger partial charge in [-0.25, -0.2) is 24.0 Å². The van der Waals surface area contributed by atoms with Crippen molar-refractivity contribution in [3.05, 3.63) is 54.4 Å². The number of likely N-dealkylation sites (N-methyl/N-ethyl adjacent to an activating group) is 1. The summed E-state index contributed by atoms with van der Waals surface area (Å²) >= 11 is 0. The second-order valence-corrected chi connectivity index (χ2v) is 6.54. The first-order chi connectivity index (χ1) is 16.0. The van der Waals surface area contributed by atoms with Crippen molar-refractivity contribution in [3.8, 4) is 0 Å². The lowest BCUT2D eigenvalue weighted by Gasteiger charge is -2.31. The number of carbonyl (C=O) groups excluding carboxylic acids is 1. The minimum absolute atomic E-state index is 0.294. The summed E-state index contributed by atoms with van der Waals surface area (Å²) in [4.78, 5) is 58.4. The monoisotopic (exact) mass is 481 g/mol. The number of nitrogens with zero attached hydrogens (tertiary/aromatic N) is 3. The number of pyridine rings is 1. The number of rotatable bonds is 8. The summed E-state index contributed by atoms with van der Waals surface area (Å²) in [6, 6.07) is 3.45. The molecule has 2 heterocycles. The van der Waals surface area contributed by atoms with Crippen molar-refractivity contribution < 1.29 is 49.1 Å². The van der Waals surface area contributed by atoms with E-state index in [-0.39, 0.29) is 5.97 Å². The van der Waals surface area contributed by atoms with E-state index in [0.29, 0.717) is 36.5 Å². The maximum Gasteiger partial charge on any atom is 0.339 e. The number of hydrogen-bond donors (Lipinski definition) is 4. The lowest BCUT2D eigenvalue weighted by molar-refractivity contribution is -0.134. The molecule has 0 aliphatic carbocycles. The van der Waals surface area contributed by atoms with Crippen molar-refractivity contribution >= 4 is 29.8 Å². The zero-order valence-corrected chi connectivity index (χ0v) is 18.4. The number of ether oxygens (including phenoxy) is 1. The number of carboxylic acid groups (broad SMARTS) is 4. The van der Waals surface area contributed by atoms with E-state index < -0.39 is 23.9 Å². The van der Waals surface area contributed by atoms with Crippen molar-refractivity contribution in [2.24, 2.45) is 0 Å². The number of carbonyl (C=O) groups is 5. The predicted octanol–water partition coefficient (Wildman–Crippen LogP) is -0.0906. The summed E-state index contributed by atoms with van der Waals surface area (Å²) in [5.41, 5.74) is 0.510. The maximum absolute atomic E-state index is 11.6. The number of piperazine rings is 1. The molecule has 0 unspecified atom stereocenters. The minimum Gasteiger partial charge on any atom is -0.478 e. The van der Waals surface area contributed by atoms with Gasteiger partial charge in [-0.15, -0.1) is 0 Å². The number of aliphatic carboxylic acids is 4. The summed E-state index contributed by atoms with van der Waals surface area (Å²) in [6.45, 7) is 5.49. The average molecular weight is 481 g/mol. The molecule has 0 spiro atoms. The molecule has 186 valence electrons. The Morgan fingerprint density at radius 1 is 0.882 bits per heavy atom. The van der Waals surface area contributed by atoms with Crippen molar-refractivity contribution in [3.63, 3.8) is 0 Å². The summed E-state index contributed by atoms with van der Waals surface area (Å²) in [5.74, 6) is -5.32. The Morgan fingerprint density at radius 3 is 1.74 bits per heavy atom. The normalized spacial score (nSPS) is 13.8. The van der Waals surface area contributed by atoms with Gasteiger partial charge in [0.1, 0.15) is 6.61 Å². The van der Waals surface area contributed by atoms with Crippen LogP contribution >= 0.6 is 0 Å². The van der Waals surface area contributed by atoms with E-state index in [1.807, 2.05) is 0 Å². The van der Waals surface area contributed by atoms with E-state index >= 15 is 0 Å². The summed E-state index contributed by atoms with van der Waals surface area (Å²) in [7, 11) is 2.12. The molecule has 1 fully saturated rings. The molecular weight excluding hydrogens is 454 g/mol. The fourth-order valence-electron chi connectivity index (χ4n) is 2.19. The Morgan fingerprint density at radius 2 is 1.35 bits per heavy atom. The lowest BCUT2D eigenvalue weighted by Crippen LogP contribution is -2.45.